The smallest absolute Gasteiger partial charge is 0.276 e. The molecule has 0 spiro atoms. The second-order valence-corrected chi connectivity index (χ2v) is 6.33. The van der Waals surface area contributed by atoms with E-state index in [2.05, 4.69) is 36.5 Å². The second-order valence-electron chi connectivity index (χ2n) is 4.66. The van der Waals surface area contributed by atoms with Crippen LogP contribution < -0.4 is 5.32 Å². The van der Waals surface area contributed by atoms with Crippen LogP contribution in [-0.4, -0.2) is 25.9 Å². The zero-order valence-corrected chi connectivity index (χ0v) is 14.7. The van der Waals surface area contributed by atoms with E-state index in [0.29, 0.717) is 26.8 Å². The molecule has 0 fully saturated rings. The molecule has 0 saturated heterocycles. The van der Waals surface area contributed by atoms with E-state index in [9.17, 15) is 4.79 Å². The van der Waals surface area contributed by atoms with Gasteiger partial charge in [-0.3, -0.25) is 14.6 Å². The van der Waals surface area contributed by atoms with Crippen LogP contribution in [0.2, 0.25) is 10.0 Å². The highest BCUT2D eigenvalue weighted by atomic mass is 79.9. The molecule has 6 nitrogen and oxygen atoms in total. The summed E-state index contributed by atoms with van der Waals surface area (Å²) in [4.78, 5) is 12.1. The highest BCUT2D eigenvalue weighted by molar-refractivity contribution is 9.10. The molecular formula is C14H10BrCl2N5O. The summed E-state index contributed by atoms with van der Waals surface area (Å²) in [6.45, 7) is 0.447. The number of hydrogen-bond donors (Lipinski definition) is 2. The average molecular weight is 415 g/mol. The Labute approximate surface area is 149 Å². The number of hydrogen-bond acceptors (Lipinski definition) is 3. The van der Waals surface area contributed by atoms with Crippen molar-refractivity contribution in [3.8, 4) is 0 Å². The molecule has 9 heteroatoms. The Morgan fingerprint density at radius 3 is 2.78 bits per heavy atom. The van der Waals surface area contributed by atoms with E-state index in [1.807, 2.05) is 18.2 Å². The first-order valence-corrected chi connectivity index (χ1v) is 8.06. The molecule has 0 bridgehead atoms. The van der Waals surface area contributed by atoms with Crippen LogP contribution in [0.25, 0.3) is 0 Å². The maximum absolute atomic E-state index is 12.1. The number of aromatic nitrogens is 4. The van der Waals surface area contributed by atoms with Gasteiger partial charge >= 0.3 is 0 Å². The van der Waals surface area contributed by atoms with Gasteiger partial charge < -0.3 is 5.32 Å². The first-order chi connectivity index (χ1) is 11.0. The molecule has 118 valence electrons. The number of rotatable bonds is 4. The van der Waals surface area contributed by atoms with E-state index in [1.165, 1.54) is 6.20 Å². The number of amides is 1. The zero-order chi connectivity index (χ0) is 16.4. The molecule has 0 saturated carbocycles. The van der Waals surface area contributed by atoms with Crippen molar-refractivity contribution in [3.63, 3.8) is 0 Å². The number of H-pyrrole nitrogens is 1. The minimum Gasteiger partial charge on any atom is -0.302 e. The highest BCUT2D eigenvalue weighted by Gasteiger charge is 2.16. The van der Waals surface area contributed by atoms with Gasteiger partial charge in [0.25, 0.3) is 5.91 Å². The molecule has 0 radical (unpaired) electrons. The SMILES string of the molecule is O=C(Nc1nn(Cc2ccccc2Cl)cc1Cl)c1[nH]ncc1Br. The Bertz CT molecular complexity index is 860. The monoisotopic (exact) mass is 413 g/mol. The minimum atomic E-state index is -0.390. The van der Waals surface area contributed by atoms with Crippen molar-refractivity contribution >= 4 is 50.9 Å². The molecule has 3 rings (SSSR count). The lowest BCUT2D eigenvalue weighted by Crippen LogP contribution is -2.14. The number of aromatic amines is 1. The fraction of sp³-hybridized carbons (Fsp3) is 0.0714. The summed E-state index contributed by atoms with van der Waals surface area (Å²) in [6.07, 6.45) is 3.12. The fourth-order valence-corrected chi connectivity index (χ4v) is 2.73. The van der Waals surface area contributed by atoms with Crippen LogP contribution in [0.3, 0.4) is 0 Å². The van der Waals surface area contributed by atoms with Gasteiger partial charge in [0.15, 0.2) is 5.82 Å². The van der Waals surface area contributed by atoms with Gasteiger partial charge in [0, 0.05) is 11.2 Å². The molecule has 0 unspecified atom stereocenters. The standard InChI is InChI=1S/C14H10BrCl2N5O/c15-9-5-18-20-12(9)14(23)19-13-11(17)7-22(21-13)6-8-3-1-2-4-10(8)16/h1-5,7H,6H2,(H,18,20)(H,19,21,23). The van der Waals surface area contributed by atoms with Crippen molar-refractivity contribution in [2.45, 2.75) is 6.54 Å². The molecular weight excluding hydrogens is 405 g/mol. The quantitative estimate of drug-likeness (QED) is 0.677. The van der Waals surface area contributed by atoms with Gasteiger partial charge in [-0.25, -0.2) is 0 Å². The van der Waals surface area contributed by atoms with Crippen molar-refractivity contribution in [1.82, 2.24) is 20.0 Å². The molecule has 23 heavy (non-hydrogen) atoms. The van der Waals surface area contributed by atoms with Crippen molar-refractivity contribution in [2.75, 3.05) is 5.32 Å². The summed E-state index contributed by atoms with van der Waals surface area (Å²) in [5, 5.41) is 14.3. The lowest BCUT2D eigenvalue weighted by atomic mass is 10.2. The number of carbonyl (C=O) groups excluding carboxylic acids is 1. The third-order valence-corrected chi connectivity index (χ3v) is 4.31. The molecule has 0 aliphatic rings. The van der Waals surface area contributed by atoms with Crippen LogP contribution in [0, 0.1) is 0 Å². The maximum Gasteiger partial charge on any atom is 0.276 e. The van der Waals surface area contributed by atoms with Gasteiger partial charge in [-0.1, -0.05) is 41.4 Å². The summed E-state index contributed by atoms with van der Waals surface area (Å²) in [6, 6.07) is 7.46. The number of halogens is 3. The molecule has 2 aromatic heterocycles. The van der Waals surface area contributed by atoms with Crippen molar-refractivity contribution in [1.29, 1.82) is 0 Å². The lowest BCUT2D eigenvalue weighted by molar-refractivity contribution is 0.102. The van der Waals surface area contributed by atoms with Gasteiger partial charge in [0.2, 0.25) is 0 Å². The van der Waals surface area contributed by atoms with Gasteiger partial charge in [0.1, 0.15) is 10.7 Å². The van der Waals surface area contributed by atoms with Crippen LogP contribution in [0.5, 0.6) is 0 Å². The summed E-state index contributed by atoms with van der Waals surface area (Å²) < 4.78 is 2.17. The van der Waals surface area contributed by atoms with Crippen molar-refractivity contribution < 1.29 is 4.79 Å². The average Bonchev–Trinajstić information content (AvgIpc) is 3.08. The van der Waals surface area contributed by atoms with E-state index in [4.69, 9.17) is 23.2 Å². The summed E-state index contributed by atoms with van der Waals surface area (Å²) in [5.41, 5.74) is 1.20. The number of benzene rings is 1. The number of carbonyl (C=O) groups is 1. The van der Waals surface area contributed by atoms with E-state index < -0.39 is 0 Å². The van der Waals surface area contributed by atoms with Crippen LogP contribution in [0.1, 0.15) is 16.1 Å². The summed E-state index contributed by atoms with van der Waals surface area (Å²) in [7, 11) is 0. The Kier molecular flexibility index (Phi) is 4.70. The Morgan fingerprint density at radius 1 is 1.30 bits per heavy atom. The van der Waals surface area contributed by atoms with Crippen LogP contribution in [0.15, 0.2) is 41.1 Å². The molecule has 0 atom stereocenters. The third kappa shape index (κ3) is 3.57. The van der Waals surface area contributed by atoms with E-state index in [1.54, 1.807) is 16.9 Å². The highest BCUT2D eigenvalue weighted by Crippen LogP contribution is 2.23. The largest absolute Gasteiger partial charge is 0.302 e. The van der Waals surface area contributed by atoms with E-state index in [0.717, 1.165) is 5.56 Å². The predicted octanol–water partition coefficient (Wildman–Crippen LogP) is 3.98. The van der Waals surface area contributed by atoms with Gasteiger partial charge in [0.05, 0.1) is 17.2 Å². The van der Waals surface area contributed by atoms with Crippen LogP contribution in [-0.2, 0) is 6.54 Å². The molecule has 1 amide bonds. The summed E-state index contributed by atoms with van der Waals surface area (Å²) in [5.74, 6) is -0.121. The molecule has 0 aliphatic heterocycles. The van der Waals surface area contributed by atoms with Crippen LogP contribution in [0.4, 0.5) is 5.82 Å². The Hall–Kier alpha value is -1.83. The molecule has 0 aliphatic carbocycles. The molecule has 2 N–H and O–H groups in total. The van der Waals surface area contributed by atoms with E-state index in [-0.39, 0.29) is 11.7 Å². The molecule has 1 aromatic carbocycles. The lowest BCUT2D eigenvalue weighted by Gasteiger charge is -2.04. The van der Waals surface area contributed by atoms with Crippen molar-refractivity contribution in [2.24, 2.45) is 0 Å². The van der Waals surface area contributed by atoms with Gasteiger partial charge in [-0.15, -0.1) is 0 Å². The summed E-state index contributed by atoms with van der Waals surface area (Å²) >= 11 is 15.5. The number of nitrogens with one attached hydrogen (secondary N) is 2. The molecule has 2 heterocycles. The zero-order valence-electron chi connectivity index (χ0n) is 11.6. The topological polar surface area (TPSA) is 75.6 Å². The maximum atomic E-state index is 12.1. The Balaban J connectivity index is 1.78. The predicted molar refractivity (Wildman–Crippen MR) is 92.0 cm³/mol. The third-order valence-electron chi connectivity index (χ3n) is 3.06. The van der Waals surface area contributed by atoms with Gasteiger partial charge in [-0.2, -0.15) is 10.2 Å². The first kappa shape index (κ1) is 16.0. The van der Waals surface area contributed by atoms with Gasteiger partial charge in [-0.05, 0) is 27.6 Å². The van der Waals surface area contributed by atoms with E-state index >= 15 is 0 Å². The molecule has 3 aromatic rings. The Morgan fingerprint density at radius 2 is 2.09 bits per heavy atom. The fourth-order valence-electron chi connectivity index (χ4n) is 1.96. The number of anilines is 1. The normalized spacial score (nSPS) is 10.7. The first-order valence-electron chi connectivity index (χ1n) is 6.51. The van der Waals surface area contributed by atoms with Crippen molar-refractivity contribution in [3.05, 3.63) is 62.4 Å². The number of nitrogens with zero attached hydrogens (tertiary/aromatic N) is 3. The second kappa shape index (κ2) is 6.74. The minimum absolute atomic E-state index is 0.269. The van der Waals surface area contributed by atoms with Crippen LogP contribution >= 0.6 is 39.1 Å².